The molecule has 5 nitrogen and oxygen atoms in total. The van der Waals surface area contributed by atoms with Gasteiger partial charge in [-0.2, -0.15) is 0 Å². The van der Waals surface area contributed by atoms with Gasteiger partial charge in [-0.3, -0.25) is 4.79 Å². The number of nitrogens with zero attached hydrogens (tertiary/aromatic N) is 1. The maximum Gasteiger partial charge on any atom is 0.509 e. The topological polar surface area (TPSA) is 55.8 Å². The first-order valence-corrected chi connectivity index (χ1v) is 4.03. The third kappa shape index (κ3) is 4.35. The van der Waals surface area contributed by atoms with Crippen LogP contribution in [0, 0.1) is 0 Å². The molecule has 0 bridgehead atoms. The summed E-state index contributed by atoms with van der Waals surface area (Å²) < 4.78 is 9.17. The molecule has 0 unspecified atom stereocenters. The zero-order valence-corrected chi connectivity index (χ0v) is 8.36. The molecule has 0 aliphatic rings. The van der Waals surface area contributed by atoms with Crippen LogP contribution in [0.2, 0.25) is 0 Å². The highest BCUT2D eigenvalue weighted by molar-refractivity contribution is 5.81. The van der Waals surface area contributed by atoms with Gasteiger partial charge in [0.2, 0.25) is 0 Å². The van der Waals surface area contributed by atoms with E-state index >= 15 is 0 Å². The highest BCUT2D eigenvalue weighted by Crippen LogP contribution is 1.97. The van der Waals surface area contributed by atoms with E-state index in [9.17, 15) is 9.59 Å². The molecule has 76 valence electrons. The second-order valence-corrected chi connectivity index (χ2v) is 2.68. The molecule has 0 aliphatic heterocycles. The maximum atomic E-state index is 11.2. The van der Waals surface area contributed by atoms with E-state index in [4.69, 9.17) is 0 Å². The molecule has 0 fully saturated rings. The Morgan fingerprint density at radius 1 is 1.38 bits per heavy atom. The maximum absolute atomic E-state index is 11.2. The molecule has 1 atom stereocenters. The molecule has 0 N–H and O–H groups in total. The smallest absolute Gasteiger partial charge is 0.435 e. The summed E-state index contributed by atoms with van der Waals surface area (Å²) in [5, 5.41) is 0. The lowest BCUT2D eigenvalue weighted by molar-refractivity contribution is -0.138. The number of hydrogen-bond donors (Lipinski definition) is 0. The first-order chi connectivity index (χ1) is 5.99. The number of carbonyl (C=O) groups is 2. The average molecular weight is 189 g/mol. The van der Waals surface area contributed by atoms with Crippen LogP contribution in [0.5, 0.6) is 0 Å². The van der Waals surface area contributed by atoms with E-state index in [1.54, 1.807) is 21.0 Å². The van der Waals surface area contributed by atoms with Crippen LogP contribution in [0.1, 0.15) is 13.8 Å². The zero-order valence-electron chi connectivity index (χ0n) is 8.36. The van der Waals surface area contributed by atoms with Gasteiger partial charge in [0.15, 0.2) is 6.10 Å². The van der Waals surface area contributed by atoms with Crippen LogP contribution in [0.15, 0.2) is 0 Å². The number of amides is 1. The first-order valence-electron chi connectivity index (χ1n) is 4.03. The molecular formula is C8H15NO4. The van der Waals surface area contributed by atoms with Gasteiger partial charge in [-0.05, 0) is 13.8 Å². The zero-order chi connectivity index (χ0) is 10.4. The third-order valence-electron chi connectivity index (χ3n) is 1.32. The van der Waals surface area contributed by atoms with Crippen molar-refractivity contribution in [3.05, 3.63) is 0 Å². The van der Waals surface area contributed by atoms with Gasteiger partial charge in [-0.15, -0.1) is 0 Å². The molecule has 0 radical (unpaired) electrons. The van der Waals surface area contributed by atoms with Crippen LogP contribution in [-0.4, -0.2) is 43.8 Å². The van der Waals surface area contributed by atoms with Crippen molar-refractivity contribution in [3.8, 4) is 0 Å². The quantitative estimate of drug-likeness (QED) is 0.611. The van der Waals surface area contributed by atoms with E-state index in [-0.39, 0.29) is 12.5 Å². The lowest BCUT2D eigenvalue weighted by Crippen LogP contribution is -2.35. The van der Waals surface area contributed by atoms with E-state index in [1.165, 1.54) is 11.8 Å². The van der Waals surface area contributed by atoms with E-state index in [2.05, 4.69) is 9.47 Å². The van der Waals surface area contributed by atoms with E-state index in [0.29, 0.717) is 0 Å². The molecule has 1 amide bonds. The summed E-state index contributed by atoms with van der Waals surface area (Å²) in [6, 6.07) is 0. The van der Waals surface area contributed by atoms with Crippen molar-refractivity contribution in [1.29, 1.82) is 0 Å². The van der Waals surface area contributed by atoms with E-state index in [1.807, 2.05) is 0 Å². The van der Waals surface area contributed by atoms with Crippen molar-refractivity contribution < 1.29 is 19.1 Å². The Morgan fingerprint density at radius 2 is 1.92 bits per heavy atom. The Morgan fingerprint density at radius 3 is 2.31 bits per heavy atom. The Balaban J connectivity index is 3.92. The standard InChI is InChI=1S/C8H15NO4/c1-5-12-8(11)13-6(2)7(10)9(3)4/h6H,5H2,1-4H3/t6-/m1/s1. The SMILES string of the molecule is CCOC(=O)O[C@H](C)C(=O)N(C)C. The van der Waals surface area contributed by atoms with Crippen molar-refractivity contribution in [2.45, 2.75) is 20.0 Å². The fourth-order valence-corrected chi connectivity index (χ4v) is 0.710. The minimum absolute atomic E-state index is 0.238. The van der Waals surface area contributed by atoms with Gasteiger partial charge in [0.1, 0.15) is 0 Å². The highest BCUT2D eigenvalue weighted by Gasteiger charge is 2.19. The van der Waals surface area contributed by atoms with E-state index in [0.717, 1.165) is 0 Å². The fraction of sp³-hybridized carbons (Fsp3) is 0.750. The first kappa shape index (κ1) is 11.7. The Kier molecular flexibility index (Phi) is 4.87. The van der Waals surface area contributed by atoms with Crippen molar-refractivity contribution in [3.63, 3.8) is 0 Å². The number of hydrogen-bond acceptors (Lipinski definition) is 4. The molecule has 0 aromatic rings. The van der Waals surface area contributed by atoms with Crippen molar-refractivity contribution in [2.75, 3.05) is 20.7 Å². The van der Waals surface area contributed by atoms with Gasteiger partial charge < -0.3 is 14.4 Å². The second-order valence-electron chi connectivity index (χ2n) is 2.68. The van der Waals surface area contributed by atoms with Gasteiger partial charge >= 0.3 is 6.16 Å². The van der Waals surface area contributed by atoms with Gasteiger partial charge in [0, 0.05) is 14.1 Å². The summed E-state index contributed by atoms with van der Waals surface area (Å²) in [5.74, 6) is -0.270. The van der Waals surface area contributed by atoms with Crippen molar-refractivity contribution in [2.24, 2.45) is 0 Å². The Bertz CT molecular complexity index is 191. The monoisotopic (exact) mass is 189 g/mol. The molecule has 0 aromatic carbocycles. The summed E-state index contributed by atoms with van der Waals surface area (Å²) in [7, 11) is 3.18. The van der Waals surface area contributed by atoms with Crippen LogP contribution in [0.3, 0.4) is 0 Å². The summed E-state index contributed by atoms with van der Waals surface area (Å²) in [6.45, 7) is 3.40. The van der Waals surface area contributed by atoms with Gasteiger partial charge in [-0.1, -0.05) is 0 Å². The lowest BCUT2D eigenvalue weighted by Gasteiger charge is -2.16. The molecule has 0 rings (SSSR count). The van der Waals surface area contributed by atoms with Crippen LogP contribution < -0.4 is 0 Å². The molecule has 0 aliphatic carbocycles. The summed E-state index contributed by atoms with van der Waals surface area (Å²) in [6.07, 6.45) is -1.61. The lowest BCUT2D eigenvalue weighted by atomic mass is 10.3. The highest BCUT2D eigenvalue weighted by atomic mass is 16.7. The third-order valence-corrected chi connectivity index (χ3v) is 1.32. The van der Waals surface area contributed by atoms with Crippen LogP contribution >= 0.6 is 0 Å². The molecule has 5 heteroatoms. The average Bonchev–Trinajstić information content (AvgIpc) is 2.03. The largest absolute Gasteiger partial charge is 0.509 e. The van der Waals surface area contributed by atoms with Gasteiger partial charge in [-0.25, -0.2) is 4.79 Å². The number of ether oxygens (including phenoxy) is 2. The predicted molar refractivity (Wildman–Crippen MR) is 46.3 cm³/mol. The van der Waals surface area contributed by atoms with Gasteiger partial charge in [0.05, 0.1) is 6.61 Å². The van der Waals surface area contributed by atoms with Gasteiger partial charge in [0.25, 0.3) is 5.91 Å². The Labute approximate surface area is 77.6 Å². The summed E-state index contributed by atoms with van der Waals surface area (Å²) in [5.41, 5.74) is 0. The van der Waals surface area contributed by atoms with E-state index < -0.39 is 12.3 Å². The molecule has 0 aromatic heterocycles. The molecule has 13 heavy (non-hydrogen) atoms. The predicted octanol–water partition coefficient (Wildman–Crippen LogP) is 0.636. The molecule has 0 saturated carbocycles. The molecule has 0 spiro atoms. The van der Waals surface area contributed by atoms with Crippen LogP contribution in [-0.2, 0) is 14.3 Å². The van der Waals surface area contributed by atoms with Crippen molar-refractivity contribution in [1.82, 2.24) is 4.90 Å². The minimum atomic E-state index is -0.815. The normalized spacial score (nSPS) is 11.7. The molecule has 0 heterocycles. The number of likely N-dealkylation sites (N-methyl/N-ethyl adjacent to an activating group) is 1. The molecule has 0 saturated heterocycles. The number of rotatable bonds is 3. The van der Waals surface area contributed by atoms with Crippen LogP contribution in [0.25, 0.3) is 0 Å². The fourth-order valence-electron chi connectivity index (χ4n) is 0.710. The molecular weight excluding hydrogens is 174 g/mol. The Hall–Kier alpha value is -1.26. The second kappa shape index (κ2) is 5.40. The van der Waals surface area contributed by atoms with Crippen molar-refractivity contribution >= 4 is 12.1 Å². The number of carbonyl (C=O) groups excluding carboxylic acids is 2. The summed E-state index contributed by atoms with van der Waals surface area (Å²) >= 11 is 0. The minimum Gasteiger partial charge on any atom is -0.435 e. The summed E-state index contributed by atoms with van der Waals surface area (Å²) in [4.78, 5) is 23.3. The van der Waals surface area contributed by atoms with Crippen LogP contribution in [0.4, 0.5) is 4.79 Å².